The Hall–Kier alpha value is -2.60. The van der Waals surface area contributed by atoms with Crippen LogP contribution in [0.15, 0.2) is 48.5 Å². The number of hydrogen-bond acceptors (Lipinski definition) is 4. The van der Waals surface area contributed by atoms with Gasteiger partial charge in [0, 0.05) is 44.0 Å². The molecular weight excluding hydrogens is 357 g/mol. The summed E-state index contributed by atoms with van der Waals surface area (Å²) in [6, 6.07) is 13.9. The maximum Gasteiger partial charge on any atom is 0.251 e. The van der Waals surface area contributed by atoms with E-state index in [1.807, 2.05) is 31.2 Å². The second-order valence-electron chi connectivity index (χ2n) is 6.87. The first-order valence-electron chi connectivity index (χ1n) is 9.89. The first kappa shape index (κ1) is 20.1. The van der Waals surface area contributed by atoms with E-state index < -0.39 is 0 Å². The molecule has 1 aliphatic rings. The monoisotopic (exact) mass is 385 g/mol. The maximum absolute atomic E-state index is 13.0. The highest BCUT2D eigenvalue weighted by atomic mass is 19.1. The molecular formula is C22H28FN3O2. The molecule has 2 aromatic carbocycles. The van der Waals surface area contributed by atoms with Crippen LogP contribution in [0.2, 0.25) is 0 Å². The van der Waals surface area contributed by atoms with Gasteiger partial charge in [-0.1, -0.05) is 0 Å². The molecule has 5 nitrogen and oxygen atoms in total. The van der Waals surface area contributed by atoms with E-state index in [2.05, 4.69) is 15.1 Å². The molecule has 1 amide bonds. The third-order valence-corrected chi connectivity index (χ3v) is 4.93. The summed E-state index contributed by atoms with van der Waals surface area (Å²) in [6.07, 6.45) is 0.916. The van der Waals surface area contributed by atoms with Gasteiger partial charge in [0.2, 0.25) is 0 Å². The summed E-state index contributed by atoms with van der Waals surface area (Å²) in [7, 11) is 0. The summed E-state index contributed by atoms with van der Waals surface area (Å²) in [4.78, 5) is 16.9. The number of carbonyl (C=O) groups is 1. The molecule has 28 heavy (non-hydrogen) atoms. The van der Waals surface area contributed by atoms with Crippen LogP contribution in [0.4, 0.5) is 10.1 Å². The highest BCUT2D eigenvalue weighted by molar-refractivity contribution is 5.94. The van der Waals surface area contributed by atoms with Crippen molar-refractivity contribution < 1.29 is 13.9 Å². The van der Waals surface area contributed by atoms with E-state index in [9.17, 15) is 9.18 Å². The number of ether oxygens (including phenoxy) is 1. The van der Waals surface area contributed by atoms with Crippen LogP contribution < -0.4 is 15.0 Å². The van der Waals surface area contributed by atoms with Crippen molar-refractivity contribution in [3.63, 3.8) is 0 Å². The summed E-state index contributed by atoms with van der Waals surface area (Å²) in [6.45, 7) is 7.99. The number of halogens is 1. The van der Waals surface area contributed by atoms with Crippen LogP contribution in [-0.4, -0.2) is 56.7 Å². The van der Waals surface area contributed by atoms with Crippen molar-refractivity contribution >= 4 is 11.6 Å². The topological polar surface area (TPSA) is 44.8 Å². The van der Waals surface area contributed by atoms with Gasteiger partial charge in [-0.25, -0.2) is 4.39 Å². The first-order valence-corrected chi connectivity index (χ1v) is 9.89. The Morgan fingerprint density at radius 1 is 1.04 bits per heavy atom. The molecule has 6 heteroatoms. The normalized spacial score (nSPS) is 14.7. The molecule has 0 atom stereocenters. The number of nitrogens with one attached hydrogen (secondary N) is 1. The van der Waals surface area contributed by atoms with Crippen molar-refractivity contribution in [2.45, 2.75) is 13.3 Å². The fraction of sp³-hybridized carbons (Fsp3) is 0.409. The van der Waals surface area contributed by atoms with Crippen molar-refractivity contribution in [2.75, 3.05) is 50.8 Å². The van der Waals surface area contributed by atoms with Gasteiger partial charge in [-0.05, 0) is 68.4 Å². The number of benzene rings is 2. The Morgan fingerprint density at radius 3 is 2.36 bits per heavy atom. The van der Waals surface area contributed by atoms with Crippen LogP contribution in [0.5, 0.6) is 5.75 Å². The van der Waals surface area contributed by atoms with Gasteiger partial charge in [-0.2, -0.15) is 0 Å². The average molecular weight is 385 g/mol. The Kier molecular flexibility index (Phi) is 7.25. The zero-order valence-electron chi connectivity index (χ0n) is 16.4. The predicted octanol–water partition coefficient (Wildman–Crippen LogP) is 3.17. The molecule has 0 unspecified atom stereocenters. The number of amides is 1. The molecule has 3 rings (SSSR count). The lowest BCUT2D eigenvalue weighted by molar-refractivity contribution is 0.0951. The van der Waals surface area contributed by atoms with Gasteiger partial charge in [0.15, 0.2) is 0 Å². The van der Waals surface area contributed by atoms with E-state index in [4.69, 9.17) is 4.74 Å². The lowest BCUT2D eigenvalue weighted by Gasteiger charge is -2.36. The molecule has 150 valence electrons. The molecule has 1 aliphatic heterocycles. The Balaban J connectivity index is 1.33. The van der Waals surface area contributed by atoms with Crippen LogP contribution in [0.25, 0.3) is 0 Å². The SMILES string of the molecule is CCOc1ccc(C(=O)NCCCN2CCN(c3ccc(F)cc3)CC2)cc1. The smallest absolute Gasteiger partial charge is 0.251 e. The van der Waals surface area contributed by atoms with Crippen molar-refractivity contribution in [2.24, 2.45) is 0 Å². The van der Waals surface area contributed by atoms with Gasteiger partial charge >= 0.3 is 0 Å². The minimum absolute atomic E-state index is 0.0517. The summed E-state index contributed by atoms with van der Waals surface area (Å²) < 4.78 is 18.4. The second-order valence-corrected chi connectivity index (χ2v) is 6.87. The molecule has 0 radical (unpaired) electrons. The number of piperazine rings is 1. The fourth-order valence-electron chi connectivity index (χ4n) is 3.36. The molecule has 0 bridgehead atoms. The van der Waals surface area contributed by atoms with Gasteiger partial charge in [-0.15, -0.1) is 0 Å². The van der Waals surface area contributed by atoms with E-state index in [1.54, 1.807) is 12.1 Å². The minimum Gasteiger partial charge on any atom is -0.494 e. The van der Waals surface area contributed by atoms with Crippen LogP contribution in [-0.2, 0) is 0 Å². The van der Waals surface area contributed by atoms with E-state index in [1.165, 1.54) is 12.1 Å². The van der Waals surface area contributed by atoms with Crippen LogP contribution >= 0.6 is 0 Å². The average Bonchev–Trinajstić information content (AvgIpc) is 2.73. The zero-order chi connectivity index (χ0) is 19.8. The molecule has 2 aromatic rings. The van der Waals surface area contributed by atoms with E-state index in [0.717, 1.165) is 50.6 Å². The van der Waals surface area contributed by atoms with Crippen molar-refractivity contribution in [1.29, 1.82) is 0 Å². The summed E-state index contributed by atoms with van der Waals surface area (Å²) in [5.74, 6) is 0.526. The predicted molar refractivity (Wildman–Crippen MR) is 110 cm³/mol. The Morgan fingerprint density at radius 2 is 1.71 bits per heavy atom. The van der Waals surface area contributed by atoms with Gasteiger partial charge in [-0.3, -0.25) is 9.69 Å². The number of nitrogens with zero attached hydrogens (tertiary/aromatic N) is 2. The molecule has 0 saturated carbocycles. The molecule has 0 aliphatic carbocycles. The van der Waals surface area contributed by atoms with Gasteiger partial charge in [0.25, 0.3) is 5.91 Å². The number of carbonyl (C=O) groups excluding carboxylic acids is 1. The van der Waals surface area contributed by atoms with Crippen molar-refractivity contribution in [1.82, 2.24) is 10.2 Å². The quantitative estimate of drug-likeness (QED) is 0.709. The molecule has 1 heterocycles. The molecule has 1 fully saturated rings. The molecule has 0 aromatic heterocycles. The molecule has 0 spiro atoms. The number of hydrogen-bond donors (Lipinski definition) is 1. The third-order valence-electron chi connectivity index (χ3n) is 4.93. The minimum atomic E-state index is -0.199. The van der Waals surface area contributed by atoms with Gasteiger partial charge in [0.1, 0.15) is 11.6 Å². The standard InChI is InChI=1S/C22H28FN3O2/c1-2-28-21-10-4-18(5-11-21)22(27)24-12-3-13-25-14-16-26(17-15-25)20-8-6-19(23)7-9-20/h4-11H,2-3,12-17H2,1H3,(H,24,27). The fourth-order valence-corrected chi connectivity index (χ4v) is 3.36. The van der Waals surface area contributed by atoms with Crippen LogP contribution in [0, 0.1) is 5.82 Å². The highest BCUT2D eigenvalue weighted by Gasteiger charge is 2.16. The van der Waals surface area contributed by atoms with Crippen molar-refractivity contribution in [3.05, 3.63) is 59.9 Å². The Labute approximate surface area is 166 Å². The van der Waals surface area contributed by atoms with Gasteiger partial charge in [0.05, 0.1) is 6.61 Å². The van der Waals surface area contributed by atoms with E-state index >= 15 is 0 Å². The van der Waals surface area contributed by atoms with E-state index in [-0.39, 0.29) is 11.7 Å². The van der Waals surface area contributed by atoms with Gasteiger partial charge < -0.3 is 15.0 Å². The zero-order valence-corrected chi connectivity index (χ0v) is 16.4. The number of anilines is 1. The summed E-state index contributed by atoms with van der Waals surface area (Å²) >= 11 is 0. The second kappa shape index (κ2) is 10.1. The number of rotatable bonds is 8. The summed E-state index contributed by atoms with van der Waals surface area (Å²) in [5.41, 5.74) is 1.72. The Bertz CT molecular complexity index is 741. The largest absolute Gasteiger partial charge is 0.494 e. The first-order chi connectivity index (χ1) is 13.7. The summed E-state index contributed by atoms with van der Waals surface area (Å²) in [5, 5.41) is 2.98. The maximum atomic E-state index is 13.0. The molecule has 1 N–H and O–H groups in total. The highest BCUT2D eigenvalue weighted by Crippen LogP contribution is 2.17. The van der Waals surface area contributed by atoms with Crippen LogP contribution in [0.3, 0.4) is 0 Å². The van der Waals surface area contributed by atoms with Crippen molar-refractivity contribution in [3.8, 4) is 5.75 Å². The molecule has 1 saturated heterocycles. The lowest BCUT2D eigenvalue weighted by Crippen LogP contribution is -2.47. The van der Waals surface area contributed by atoms with E-state index in [0.29, 0.717) is 18.7 Å². The van der Waals surface area contributed by atoms with Crippen LogP contribution in [0.1, 0.15) is 23.7 Å². The third kappa shape index (κ3) is 5.70. The lowest BCUT2D eigenvalue weighted by atomic mass is 10.2.